The molecule has 0 aromatic rings. The fourth-order valence-electron chi connectivity index (χ4n) is 7.98. The lowest BCUT2D eigenvalue weighted by Crippen LogP contribution is -2.30. The van der Waals surface area contributed by atoms with E-state index in [-0.39, 0.29) is 31.1 Å². The lowest BCUT2D eigenvalue weighted by molar-refractivity contribution is -0.167. The van der Waals surface area contributed by atoms with E-state index >= 15 is 0 Å². The molecule has 0 unspecified atom stereocenters. The zero-order valence-corrected chi connectivity index (χ0v) is 42.1. The number of carbonyl (C=O) groups excluding carboxylic acids is 3. The largest absolute Gasteiger partial charge is 0.462 e. The highest BCUT2D eigenvalue weighted by Crippen LogP contribution is 2.16. The summed E-state index contributed by atoms with van der Waals surface area (Å²) >= 11 is 0. The number of hydrogen-bond acceptors (Lipinski definition) is 6. The molecule has 0 aliphatic heterocycles. The lowest BCUT2D eigenvalue weighted by atomic mass is 10.0. The van der Waals surface area contributed by atoms with Crippen LogP contribution in [-0.4, -0.2) is 37.2 Å². The van der Waals surface area contributed by atoms with Gasteiger partial charge in [0.1, 0.15) is 13.2 Å². The second-order valence-electron chi connectivity index (χ2n) is 18.5. The number of hydrogen-bond donors (Lipinski definition) is 0. The van der Waals surface area contributed by atoms with Crippen molar-refractivity contribution in [3.05, 3.63) is 36.5 Å². The SMILES string of the molecule is CCCCC/C=C\C/C=C\C/C=C\CCCCCCCCC(=O)OC[C@@H](COC(=O)CCCCCCCCCCCCC)OC(=O)CCCCCCCCCCCCCCCCC. The topological polar surface area (TPSA) is 78.9 Å². The van der Waals surface area contributed by atoms with E-state index in [1.807, 2.05) is 0 Å². The Morgan fingerprint density at radius 2 is 0.571 bits per heavy atom. The van der Waals surface area contributed by atoms with Gasteiger partial charge in [0.2, 0.25) is 0 Å². The number of rotatable bonds is 50. The lowest BCUT2D eigenvalue weighted by Gasteiger charge is -2.18. The number of esters is 3. The minimum atomic E-state index is -0.772. The molecule has 0 saturated heterocycles. The number of unbranched alkanes of at least 4 members (excludes halogenated alkanes) is 33. The summed E-state index contributed by atoms with van der Waals surface area (Å²) in [7, 11) is 0. The van der Waals surface area contributed by atoms with Gasteiger partial charge in [-0.05, 0) is 57.8 Å². The molecule has 63 heavy (non-hydrogen) atoms. The third-order valence-corrected chi connectivity index (χ3v) is 12.1. The summed E-state index contributed by atoms with van der Waals surface area (Å²) in [6.07, 6.45) is 61.2. The van der Waals surface area contributed by atoms with E-state index in [1.165, 1.54) is 173 Å². The molecule has 0 saturated carbocycles. The predicted octanol–water partition coefficient (Wildman–Crippen LogP) is 18.1. The molecule has 0 aromatic heterocycles. The van der Waals surface area contributed by atoms with E-state index < -0.39 is 6.10 Å². The van der Waals surface area contributed by atoms with Gasteiger partial charge in [0.05, 0.1) is 0 Å². The van der Waals surface area contributed by atoms with Crippen molar-refractivity contribution in [2.75, 3.05) is 13.2 Å². The van der Waals surface area contributed by atoms with Gasteiger partial charge in [-0.2, -0.15) is 0 Å². The molecular weight excluding hydrogens is 781 g/mol. The molecule has 0 bridgehead atoms. The van der Waals surface area contributed by atoms with Crippen molar-refractivity contribution in [1.29, 1.82) is 0 Å². The summed E-state index contributed by atoms with van der Waals surface area (Å²) in [5.74, 6) is -0.871. The van der Waals surface area contributed by atoms with E-state index in [1.54, 1.807) is 0 Å². The van der Waals surface area contributed by atoms with E-state index in [0.717, 1.165) is 77.0 Å². The third-order valence-electron chi connectivity index (χ3n) is 12.1. The average molecular weight is 885 g/mol. The molecule has 0 spiro atoms. The maximum atomic E-state index is 12.8. The maximum Gasteiger partial charge on any atom is 0.306 e. The van der Waals surface area contributed by atoms with Gasteiger partial charge < -0.3 is 14.2 Å². The summed E-state index contributed by atoms with van der Waals surface area (Å²) in [6.45, 7) is 6.63. The molecule has 6 heteroatoms. The highest BCUT2D eigenvalue weighted by molar-refractivity contribution is 5.71. The summed E-state index contributed by atoms with van der Waals surface area (Å²) in [5, 5.41) is 0. The molecule has 0 rings (SSSR count). The van der Waals surface area contributed by atoms with Crippen molar-refractivity contribution in [2.24, 2.45) is 0 Å². The van der Waals surface area contributed by atoms with Gasteiger partial charge in [0, 0.05) is 19.3 Å². The molecule has 0 fully saturated rings. The Labute approximate surface area is 391 Å². The summed E-state index contributed by atoms with van der Waals surface area (Å²) < 4.78 is 16.8. The zero-order valence-electron chi connectivity index (χ0n) is 42.1. The van der Waals surface area contributed by atoms with Crippen LogP contribution in [0.1, 0.15) is 290 Å². The summed E-state index contributed by atoms with van der Waals surface area (Å²) in [6, 6.07) is 0. The van der Waals surface area contributed by atoms with E-state index in [0.29, 0.717) is 19.3 Å². The molecule has 0 aromatic carbocycles. The van der Waals surface area contributed by atoms with Crippen LogP contribution < -0.4 is 0 Å². The van der Waals surface area contributed by atoms with Crippen molar-refractivity contribution < 1.29 is 28.6 Å². The van der Waals surface area contributed by atoms with Crippen molar-refractivity contribution in [3.63, 3.8) is 0 Å². The van der Waals surface area contributed by atoms with Gasteiger partial charge in [0.25, 0.3) is 0 Å². The molecule has 1 atom stereocenters. The highest BCUT2D eigenvalue weighted by Gasteiger charge is 2.19. The van der Waals surface area contributed by atoms with Crippen LogP contribution in [0.3, 0.4) is 0 Å². The van der Waals surface area contributed by atoms with Gasteiger partial charge in [-0.3, -0.25) is 14.4 Å². The smallest absolute Gasteiger partial charge is 0.306 e. The molecular formula is C57H104O6. The van der Waals surface area contributed by atoms with Crippen LogP contribution in [0, 0.1) is 0 Å². The zero-order chi connectivity index (χ0) is 45.8. The van der Waals surface area contributed by atoms with Crippen LogP contribution in [0.2, 0.25) is 0 Å². The fraction of sp³-hybridized carbons (Fsp3) is 0.842. The van der Waals surface area contributed by atoms with E-state index in [4.69, 9.17) is 14.2 Å². The minimum Gasteiger partial charge on any atom is -0.462 e. The van der Waals surface area contributed by atoms with Crippen LogP contribution in [0.4, 0.5) is 0 Å². The van der Waals surface area contributed by atoms with Crippen molar-refractivity contribution in [3.8, 4) is 0 Å². The molecule has 0 aliphatic carbocycles. The molecule has 0 N–H and O–H groups in total. The molecule has 0 amide bonds. The van der Waals surface area contributed by atoms with Crippen molar-refractivity contribution >= 4 is 17.9 Å². The number of ether oxygens (including phenoxy) is 3. The molecule has 368 valence electrons. The molecule has 0 radical (unpaired) electrons. The van der Waals surface area contributed by atoms with Gasteiger partial charge >= 0.3 is 17.9 Å². The Balaban J connectivity index is 4.33. The first-order valence-electron chi connectivity index (χ1n) is 27.5. The van der Waals surface area contributed by atoms with Crippen LogP contribution in [0.15, 0.2) is 36.5 Å². The Hall–Kier alpha value is -2.37. The van der Waals surface area contributed by atoms with Gasteiger partial charge in [-0.25, -0.2) is 0 Å². The Bertz CT molecular complexity index is 1060. The summed E-state index contributed by atoms with van der Waals surface area (Å²) in [5.41, 5.74) is 0. The van der Waals surface area contributed by atoms with Gasteiger partial charge in [-0.15, -0.1) is 0 Å². The Kier molecular flexibility index (Phi) is 50.3. The second-order valence-corrected chi connectivity index (χ2v) is 18.5. The Morgan fingerprint density at radius 1 is 0.317 bits per heavy atom. The van der Waals surface area contributed by atoms with Crippen LogP contribution in [0.5, 0.6) is 0 Å². The standard InChI is InChI=1S/C57H104O6/c1-4-7-10-13-16-19-22-24-26-27-28-29-31-32-35-38-41-44-47-50-56(59)62-53-54(52-61-55(58)49-46-43-40-37-34-21-18-15-12-9-6-3)63-57(60)51-48-45-42-39-36-33-30-25-23-20-17-14-11-8-5-2/h16,19,24,26,28-29,54H,4-15,17-18,20-23,25,27,30-53H2,1-3H3/b19-16-,26-24-,29-28-/t54-/m1/s1. The maximum absolute atomic E-state index is 12.8. The van der Waals surface area contributed by atoms with E-state index in [9.17, 15) is 14.4 Å². The van der Waals surface area contributed by atoms with Crippen LogP contribution in [-0.2, 0) is 28.6 Å². The first-order chi connectivity index (χ1) is 31.0. The first kappa shape index (κ1) is 60.6. The van der Waals surface area contributed by atoms with Crippen molar-refractivity contribution in [1.82, 2.24) is 0 Å². The fourth-order valence-corrected chi connectivity index (χ4v) is 7.98. The van der Waals surface area contributed by atoms with Crippen molar-refractivity contribution in [2.45, 2.75) is 297 Å². The second kappa shape index (κ2) is 52.3. The van der Waals surface area contributed by atoms with Gasteiger partial charge in [-0.1, -0.05) is 250 Å². The van der Waals surface area contributed by atoms with Gasteiger partial charge in [0.15, 0.2) is 6.10 Å². The predicted molar refractivity (Wildman–Crippen MR) is 270 cm³/mol. The quantitative estimate of drug-likeness (QED) is 0.0262. The van der Waals surface area contributed by atoms with Crippen LogP contribution in [0.25, 0.3) is 0 Å². The average Bonchev–Trinajstić information content (AvgIpc) is 3.28. The molecule has 0 heterocycles. The molecule has 6 nitrogen and oxygen atoms in total. The van der Waals surface area contributed by atoms with Crippen LogP contribution >= 0.6 is 0 Å². The Morgan fingerprint density at radius 3 is 0.921 bits per heavy atom. The van der Waals surface area contributed by atoms with E-state index in [2.05, 4.69) is 57.2 Å². The highest BCUT2D eigenvalue weighted by atomic mass is 16.6. The monoisotopic (exact) mass is 885 g/mol. The number of carbonyl (C=O) groups is 3. The first-order valence-corrected chi connectivity index (χ1v) is 27.5. The summed E-state index contributed by atoms with van der Waals surface area (Å²) in [4.78, 5) is 38.0. The minimum absolute atomic E-state index is 0.0719. The number of allylic oxidation sites excluding steroid dienone is 6. The molecule has 0 aliphatic rings. The third kappa shape index (κ3) is 50.5. The normalized spacial score (nSPS) is 12.2.